The van der Waals surface area contributed by atoms with Gasteiger partial charge in [-0.2, -0.15) is 0 Å². The van der Waals surface area contributed by atoms with E-state index in [1.807, 2.05) is 0 Å². The summed E-state index contributed by atoms with van der Waals surface area (Å²) in [7, 11) is 0. The average molecular weight is 1510 g/mol. The first kappa shape index (κ1) is 67.5. The SMILES string of the molecule is c1ccc(-c2cc(-c3ccccc3)cc(-c3cccc(-c4cc(-c5cccc(-n6c7ccccc7c7cc(-c8ccc9c(c8)c8ccccc8n9-c8ccccc8)ccc76)c5)nc(-n5c6ccc(-c7ccc8c(c7)c7ccccc7n8-c7ccccc7)cc6c6cc(-c7ccc8c(c7)c7ccccc7n8-c7ccccc7)ccc65)n4)c3)c2)cc1. The van der Waals surface area contributed by atoms with Gasteiger partial charge >= 0.3 is 0 Å². The molecule has 0 aliphatic heterocycles. The molecule has 0 bridgehead atoms. The maximum Gasteiger partial charge on any atom is 0.235 e. The predicted octanol–water partition coefficient (Wildman–Crippen LogP) is 29.3. The van der Waals surface area contributed by atoms with Gasteiger partial charge in [-0.3, -0.25) is 4.57 Å². The van der Waals surface area contributed by atoms with Crippen molar-refractivity contribution in [2.75, 3.05) is 0 Å². The minimum atomic E-state index is 0.559. The van der Waals surface area contributed by atoms with Crippen molar-refractivity contribution in [3.8, 4) is 118 Å². The van der Waals surface area contributed by atoms with Gasteiger partial charge in [-0.1, -0.05) is 255 Å². The molecule has 7 nitrogen and oxygen atoms in total. The van der Waals surface area contributed by atoms with Crippen molar-refractivity contribution in [3.63, 3.8) is 0 Å². The van der Waals surface area contributed by atoms with Crippen molar-refractivity contribution >= 4 is 109 Å². The summed E-state index contributed by atoms with van der Waals surface area (Å²) in [5.74, 6) is 0.559. The Balaban J connectivity index is 0.700. The number of hydrogen-bond acceptors (Lipinski definition) is 2. The average Bonchev–Trinajstić information content (AvgIpc) is 1.56. The molecule has 0 atom stereocenters. The number of fused-ring (bicyclic) bond motifs is 15. The molecule has 0 aliphatic carbocycles. The second-order valence-corrected chi connectivity index (χ2v) is 31.2. The van der Waals surface area contributed by atoms with Crippen LogP contribution in [0.1, 0.15) is 0 Å². The number of hydrogen-bond donors (Lipinski definition) is 0. The topological polar surface area (TPSA) is 50.4 Å². The maximum absolute atomic E-state index is 5.87. The number of para-hydroxylation sites is 7. The van der Waals surface area contributed by atoms with Gasteiger partial charge in [-0.15, -0.1) is 0 Å². The Labute approximate surface area is 686 Å². The van der Waals surface area contributed by atoms with Crippen LogP contribution < -0.4 is 0 Å². The minimum absolute atomic E-state index is 0.559. The Morgan fingerprint density at radius 3 is 0.706 bits per heavy atom. The van der Waals surface area contributed by atoms with Crippen molar-refractivity contribution in [3.05, 3.63) is 431 Å². The molecule has 6 aromatic heterocycles. The molecule has 0 unspecified atom stereocenters. The standard InChI is InChI=1S/C112H71N7/c1-6-26-72(27-7-1)83-61-84(73-28-8-2-9-29-73)63-85(62-83)74-30-24-31-81(60-74)100-71-101(82-32-25-39-89(64-82)118-105-47-23-19-43-93(105)97-68-76(51-57-109(97)118)75-48-54-106-94(65-75)90-40-16-20-44-102(90)115(106)86-33-10-3-11-34-86)114-112(113-100)119-110-58-52-79(77-49-55-107-95(66-77)91-41-17-21-45-103(91)116(107)87-35-12-4-13-36-87)69-98(110)99-70-80(53-59-111(99)119)78-50-56-108-96(67-78)92-42-18-22-46-104(92)117(108)88-37-14-5-15-38-88/h1-71H. The Morgan fingerprint density at radius 2 is 0.353 bits per heavy atom. The van der Waals surface area contributed by atoms with E-state index in [0.717, 1.165) is 150 Å². The highest BCUT2D eigenvalue weighted by molar-refractivity contribution is 6.17. The van der Waals surface area contributed by atoms with Gasteiger partial charge < -0.3 is 18.3 Å². The van der Waals surface area contributed by atoms with Crippen LogP contribution in [0.25, 0.3) is 227 Å². The van der Waals surface area contributed by atoms with Gasteiger partial charge in [0.25, 0.3) is 0 Å². The first-order chi connectivity index (χ1) is 59.0. The zero-order valence-electron chi connectivity index (χ0n) is 64.6. The lowest BCUT2D eigenvalue weighted by Crippen LogP contribution is -2.04. The van der Waals surface area contributed by atoms with Gasteiger partial charge in [0, 0.05) is 87.7 Å². The smallest absolute Gasteiger partial charge is 0.235 e. The van der Waals surface area contributed by atoms with Crippen LogP contribution in [0.4, 0.5) is 0 Å². The van der Waals surface area contributed by atoms with Gasteiger partial charge in [0.2, 0.25) is 5.95 Å². The van der Waals surface area contributed by atoms with Crippen molar-refractivity contribution < 1.29 is 0 Å². The summed E-state index contributed by atoms with van der Waals surface area (Å²) in [6, 6.07) is 158. The van der Waals surface area contributed by atoms with E-state index >= 15 is 0 Å². The molecular formula is C112H71N7. The van der Waals surface area contributed by atoms with E-state index in [-0.39, 0.29) is 0 Å². The lowest BCUT2D eigenvalue weighted by Gasteiger charge is -2.15. The van der Waals surface area contributed by atoms with Crippen molar-refractivity contribution in [1.29, 1.82) is 0 Å². The van der Waals surface area contributed by atoms with E-state index in [2.05, 4.69) is 454 Å². The molecule has 24 rings (SSSR count). The van der Waals surface area contributed by atoms with Crippen LogP contribution in [0.5, 0.6) is 0 Å². The normalized spacial score (nSPS) is 11.9. The summed E-state index contributed by atoms with van der Waals surface area (Å²) < 4.78 is 11.9. The van der Waals surface area contributed by atoms with E-state index in [1.165, 1.54) is 70.7 Å². The molecule has 24 aromatic rings. The largest absolute Gasteiger partial charge is 0.309 e. The van der Waals surface area contributed by atoms with Crippen LogP contribution in [-0.2, 0) is 0 Å². The van der Waals surface area contributed by atoms with Gasteiger partial charge in [0.05, 0.1) is 66.6 Å². The second kappa shape index (κ2) is 27.4. The van der Waals surface area contributed by atoms with Crippen LogP contribution in [-0.4, -0.2) is 32.8 Å². The molecule has 554 valence electrons. The summed E-state index contributed by atoms with van der Waals surface area (Å²) in [4.78, 5) is 11.7. The summed E-state index contributed by atoms with van der Waals surface area (Å²) in [6.07, 6.45) is 0. The highest BCUT2D eigenvalue weighted by atomic mass is 15.2. The third-order valence-electron chi connectivity index (χ3n) is 24.5. The molecule has 0 fully saturated rings. The third kappa shape index (κ3) is 11.2. The fourth-order valence-corrected chi connectivity index (χ4v) is 18.9. The highest BCUT2D eigenvalue weighted by Gasteiger charge is 2.24. The van der Waals surface area contributed by atoms with Crippen LogP contribution in [0.3, 0.4) is 0 Å². The molecular weight excluding hydrogens is 1440 g/mol. The summed E-state index contributed by atoms with van der Waals surface area (Å²) in [5, 5.41) is 11.8. The van der Waals surface area contributed by atoms with Gasteiger partial charge in [-0.25, -0.2) is 9.97 Å². The van der Waals surface area contributed by atoms with Crippen LogP contribution in [0.2, 0.25) is 0 Å². The fraction of sp³-hybridized carbons (Fsp3) is 0. The molecule has 7 heteroatoms. The zero-order valence-corrected chi connectivity index (χ0v) is 64.6. The molecule has 0 N–H and O–H groups in total. The van der Waals surface area contributed by atoms with Crippen molar-refractivity contribution in [1.82, 2.24) is 32.8 Å². The van der Waals surface area contributed by atoms with E-state index in [0.29, 0.717) is 5.95 Å². The van der Waals surface area contributed by atoms with E-state index < -0.39 is 0 Å². The lowest BCUT2D eigenvalue weighted by molar-refractivity contribution is 0.995. The van der Waals surface area contributed by atoms with Crippen LogP contribution in [0.15, 0.2) is 431 Å². The quantitative estimate of drug-likeness (QED) is 0.116. The first-order valence-corrected chi connectivity index (χ1v) is 40.7. The molecule has 0 saturated carbocycles. The van der Waals surface area contributed by atoms with Crippen LogP contribution >= 0.6 is 0 Å². The molecule has 0 saturated heterocycles. The predicted molar refractivity (Wildman–Crippen MR) is 497 cm³/mol. The number of benzene rings is 18. The number of nitrogens with zero attached hydrogens (tertiary/aromatic N) is 7. The third-order valence-corrected chi connectivity index (χ3v) is 24.5. The minimum Gasteiger partial charge on any atom is -0.309 e. The summed E-state index contributed by atoms with van der Waals surface area (Å²) in [5.41, 5.74) is 32.8. The molecule has 0 aliphatic rings. The van der Waals surface area contributed by atoms with Crippen molar-refractivity contribution in [2.45, 2.75) is 0 Å². The molecule has 6 heterocycles. The Kier molecular flexibility index (Phi) is 15.5. The molecule has 0 amide bonds. The Hall–Kier alpha value is -16.0. The van der Waals surface area contributed by atoms with E-state index in [4.69, 9.17) is 9.97 Å². The molecule has 18 aromatic carbocycles. The molecule has 0 spiro atoms. The zero-order chi connectivity index (χ0) is 78.2. The second-order valence-electron chi connectivity index (χ2n) is 31.2. The number of rotatable bonds is 13. The van der Waals surface area contributed by atoms with Gasteiger partial charge in [0.1, 0.15) is 0 Å². The van der Waals surface area contributed by atoms with E-state index in [1.54, 1.807) is 0 Å². The fourth-order valence-electron chi connectivity index (χ4n) is 18.9. The van der Waals surface area contributed by atoms with E-state index in [9.17, 15) is 0 Å². The summed E-state index contributed by atoms with van der Waals surface area (Å²) >= 11 is 0. The lowest BCUT2D eigenvalue weighted by atomic mass is 9.92. The number of aromatic nitrogens is 7. The first-order valence-electron chi connectivity index (χ1n) is 40.7. The molecule has 0 radical (unpaired) electrons. The van der Waals surface area contributed by atoms with Gasteiger partial charge in [-0.05, 0) is 243 Å². The highest BCUT2D eigenvalue weighted by Crippen LogP contribution is 2.45. The van der Waals surface area contributed by atoms with Gasteiger partial charge in [0.15, 0.2) is 0 Å². The Morgan fingerprint density at radius 1 is 0.126 bits per heavy atom. The monoisotopic (exact) mass is 1510 g/mol. The van der Waals surface area contributed by atoms with Crippen molar-refractivity contribution in [2.24, 2.45) is 0 Å². The Bertz CT molecular complexity index is 7940. The molecule has 119 heavy (non-hydrogen) atoms. The maximum atomic E-state index is 5.87. The summed E-state index contributed by atoms with van der Waals surface area (Å²) in [6.45, 7) is 0. The van der Waals surface area contributed by atoms with Crippen LogP contribution in [0, 0.1) is 0 Å².